The van der Waals surface area contributed by atoms with Crippen LogP contribution in [-0.4, -0.2) is 29.8 Å². The van der Waals surface area contributed by atoms with Gasteiger partial charge in [0.05, 0.1) is 17.5 Å². The minimum atomic E-state index is -0.445. The van der Waals surface area contributed by atoms with E-state index in [4.69, 9.17) is 9.26 Å². The van der Waals surface area contributed by atoms with E-state index in [2.05, 4.69) is 10.5 Å². The van der Waals surface area contributed by atoms with E-state index in [1.54, 1.807) is 0 Å². The average Bonchev–Trinajstić information content (AvgIpc) is 2.60. The van der Waals surface area contributed by atoms with Crippen molar-refractivity contribution in [2.45, 2.75) is 38.2 Å². The predicted octanol–water partition coefficient (Wildman–Crippen LogP) is 1.25. The van der Waals surface area contributed by atoms with Crippen molar-refractivity contribution in [3.05, 3.63) is 18.0 Å². The van der Waals surface area contributed by atoms with Gasteiger partial charge in [-0.05, 0) is 20.8 Å². The Morgan fingerprint density at radius 2 is 2.29 bits per heavy atom. The molecule has 0 spiro atoms. The van der Waals surface area contributed by atoms with Crippen LogP contribution in [0.15, 0.2) is 16.9 Å². The molecule has 1 aliphatic rings. The zero-order chi connectivity index (χ0) is 12.5. The third-order valence-corrected chi connectivity index (χ3v) is 2.81. The van der Waals surface area contributed by atoms with Crippen molar-refractivity contribution in [1.29, 1.82) is 0 Å². The van der Waals surface area contributed by atoms with Crippen LogP contribution >= 0.6 is 0 Å². The monoisotopic (exact) mass is 238 g/mol. The summed E-state index contributed by atoms with van der Waals surface area (Å²) in [6.07, 6.45) is 1.87. The molecule has 1 aromatic heterocycles. The van der Waals surface area contributed by atoms with Crippen LogP contribution < -0.4 is 5.32 Å². The second-order valence-corrected chi connectivity index (χ2v) is 5.53. The van der Waals surface area contributed by atoms with Crippen LogP contribution in [0.3, 0.4) is 0 Å². The van der Waals surface area contributed by atoms with E-state index in [1.807, 2.05) is 26.8 Å². The summed E-state index contributed by atoms with van der Waals surface area (Å²) in [6.45, 7) is 7.07. The maximum atomic E-state index is 11.9. The maximum Gasteiger partial charge on any atom is 0.307 e. The molecule has 0 saturated carbocycles. The molecule has 5 heteroatoms. The molecule has 1 aliphatic heterocycles. The van der Waals surface area contributed by atoms with Crippen LogP contribution in [0.2, 0.25) is 0 Å². The number of hydrogen-bond donors (Lipinski definition) is 1. The summed E-state index contributed by atoms with van der Waals surface area (Å²) < 4.78 is 10.2. The first kappa shape index (κ1) is 12.1. The number of nitrogens with zero attached hydrogens (tertiary/aromatic N) is 1. The molecule has 2 rings (SSSR count). The summed E-state index contributed by atoms with van der Waals surface area (Å²) in [4.78, 5) is 11.9. The first-order valence-electron chi connectivity index (χ1n) is 5.75. The molecule has 0 amide bonds. The topological polar surface area (TPSA) is 64.4 Å². The first-order chi connectivity index (χ1) is 7.91. The van der Waals surface area contributed by atoms with Crippen molar-refractivity contribution in [3.8, 4) is 0 Å². The fraction of sp³-hybridized carbons (Fsp3) is 0.667. The highest BCUT2D eigenvalue weighted by atomic mass is 16.6. The summed E-state index contributed by atoms with van der Waals surface area (Å²) in [7, 11) is 0. The predicted molar refractivity (Wildman–Crippen MR) is 61.5 cm³/mol. The van der Waals surface area contributed by atoms with Crippen molar-refractivity contribution < 1.29 is 14.1 Å². The smallest absolute Gasteiger partial charge is 0.307 e. The lowest BCUT2D eigenvalue weighted by atomic mass is 9.76. The number of hydrogen-bond acceptors (Lipinski definition) is 5. The lowest BCUT2D eigenvalue weighted by molar-refractivity contribution is -0.157. The molecular weight excluding hydrogens is 220 g/mol. The Morgan fingerprint density at radius 3 is 2.71 bits per heavy atom. The Bertz CT molecular complexity index is 388. The van der Waals surface area contributed by atoms with E-state index in [9.17, 15) is 4.79 Å². The first-order valence-corrected chi connectivity index (χ1v) is 5.75. The Kier molecular flexibility index (Phi) is 2.95. The third-order valence-electron chi connectivity index (χ3n) is 2.81. The number of carbonyl (C=O) groups excluding carboxylic acids is 1. The zero-order valence-corrected chi connectivity index (χ0v) is 10.4. The highest BCUT2D eigenvalue weighted by Gasteiger charge is 2.43. The quantitative estimate of drug-likeness (QED) is 0.803. The van der Waals surface area contributed by atoms with E-state index in [1.165, 1.54) is 6.26 Å². The molecule has 5 nitrogen and oxygen atoms in total. The molecule has 1 fully saturated rings. The minimum Gasteiger partial charge on any atom is -0.460 e. The van der Waals surface area contributed by atoms with E-state index >= 15 is 0 Å². The lowest BCUT2D eigenvalue weighted by Crippen LogP contribution is -2.58. The number of esters is 1. The van der Waals surface area contributed by atoms with Crippen LogP contribution in [0, 0.1) is 0 Å². The van der Waals surface area contributed by atoms with Gasteiger partial charge in [-0.25, -0.2) is 0 Å². The van der Waals surface area contributed by atoms with Gasteiger partial charge < -0.3 is 14.6 Å². The van der Waals surface area contributed by atoms with Gasteiger partial charge in [-0.1, -0.05) is 5.16 Å². The molecular formula is C12H18N2O3. The van der Waals surface area contributed by atoms with Gasteiger partial charge in [-0.3, -0.25) is 4.79 Å². The number of ether oxygens (including phenoxy) is 1. The fourth-order valence-electron chi connectivity index (χ4n) is 1.96. The van der Waals surface area contributed by atoms with E-state index < -0.39 is 5.60 Å². The van der Waals surface area contributed by atoms with E-state index in [-0.39, 0.29) is 11.4 Å². The van der Waals surface area contributed by atoms with Crippen LogP contribution in [0.4, 0.5) is 0 Å². The van der Waals surface area contributed by atoms with Gasteiger partial charge in [0.2, 0.25) is 0 Å². The maximum absolute atomic E-state index is 11.9. The molecule has 2 heterocycles. The summed E-state index contributed by atoms with van der Waals surface area (Å²) in [5, 5.41) is 7.11. The average molecular weight is 238 g/mol. The Balaban J connectivity index is 2.04. The Hall–Kier alpha value is -1.36. The van der Waals surface area contributed by atoms with Crippen molar-refractivity contribution in [2.75, 3.05) is 13.1 Å². The van der Waals surface area contributed by atoms with Gasteiger partial charge in [0.15, 0.2) is 0 Å². The molecule has 17 heavy (non-hydrogen) atoms. The largest absolute Gasteiger partial charge is 0.460 e. The van der Waals surface area contributed by atoms with Crippen LogP contribution in [-0.2, 0) is 14.9 Å². The molecule has 0 bridgehead atoms. The Morgan fingerprint density at radius 1 is 1.59 bits per heavy atom. The molecule has 0 unspecified atom stereocenters. The number of aromatic nitrogens is 1. The fourth-order valence-corrected chi connectivity index (χ4v) is 1.96. The summed E-state index contributed by atoms with van der Waals surface area (Å²) in [5.41, 5.74) is 0.122. The number of rotatable bonds is 3. The summed E-state index contributed by atoms with van der Waals surface area (Å²) in [6, 6.07) is 1.81. The van der Waals surface area contributed by atoms with Crippen LogP contribution in [0.1, 0.15) is 32.9 Å². The minimum absolute atomic E-state index is 0.193. The van der Waals surface area contributed by atoms with Crippen molar-refractivity contribution >= 4 is 5.97 Å². The van der Waals surface area contributed by atoms with Crippen LogP contribution in [0.5, 0.6) is 0 Å². The Labute approximate surface area is 101 Å². The molecule has 0 aromatic carbocycles. The lowest BCUT2D eigenvalue weighted by Gasteiger charge is -2.40. The van der Waals surface area contributed by atoms with Gasteiger partial charge >= 0.3 is 5.97 Å². The standard InChI is InChI=1S/C12H18N2O3/c1-11(2,3)17-10(15)6-12(7-13-8-12)9-4-5-16-14-9/h4-5,13H,6-8H2,1-3H3. The molecule has 1 N–H and O–H groups in total. The molecule has 0 atom stereocenters. The normalized spacial score (nSPS) is 18.5. The summed E-state index contributed by atoms with van der Waals surface area (Å²) in [5.74, 6) is -0.193. The van der Waals surface area contributed by atoms with Gasteiger partial charge in [0.1, 0.15) is 11.9 Å². The van der Waals surface area contributed by atoms with Crippen molar-refractivity contribution in [1.82, 2.24) is 10.5 Å². The van der Waals surface area contributed by atoms with Gasteiger partial charge in [-0.15, -0.1) is 0 Å². The molecule has 1 saturated heterocycles. The van der Waals surface area contributed by atoms with Gasteiger partial charge in [-0.2, -0.15) is 0 Å². The molecule has 0 aliphatic carbocycles. The highest BCUT2D eigenvalue weighted by molar-refractivity contribution is 5.72. The SMILES string of the molecule is CC(C)(C)OC(=O)CC1(c2ccon2)CNC1. The summed E-state index contributed by atoms with van der Waals surface area (Å²) >= 11 is 0. The van der Waals surface area contributed by atoms with Crippen LogP contribution in [0.25, 0.3) is 0 Å². The van der Waals surface area contributed by atoms with Crippen molar-refractivity contribution in [3.63, 3.8) is 0 Å². The number of nitrogens with one attached hydrogen (secondary N) is 1. The molecule has 0 radical (unpaired) electrons. The molecule has 94 valence electrons. The van der Waals surface area contributed by atoms with E-state index in [0.29, 0.717) is 6.42 Å². The van der Waals surface area contributed by atoms with Gasteiger partial charge in [0, 0.05) is 19.2 Å². The van der Waals surface area contributed by atoms with Crippen molar-refractivity contribution in [2.24, 2.45) is 0 Å². The second kappa shape index (κ2) is 4.14. The molecule has 1 aromatic rings. The second-order valence-electron chi connectivity index (χ2n) is 5.53. The highest BCUT2D eigenvalue weighted by Crippen LogP contribution is 2.32. The number of carbonyl (C=O) groups is 1. The third kappa shape index (κ3) is 2.66. The zero-order valence-electron chi connectivity index (χ0n) is 10.4. The van der Waals surface area contributed by atoms with E-state index in [0.717, 1.165) is 18.8 Å². The van der Waals surface area contributed by atoms with Gasteiger partial charge in [0.25, 0.3) is 0 Å².